The first-order valence-corrected chi connectivity index (χ1v) is 34.7. The summed E-state index contributed by atoms with van der Waals surface area (Å²) in [5.74, 6) is 6.21. The Bertz CT molecular complexity index is 5170. The van der Waals surface area contributed by atoms with E-state index in [2.05, 4.69) is 144 Å². The predicted molar refractivity (Wildman–Crippen MR) is 411 cm³/mol. The summed E-state index contributed by atoms with van der Waals surface area (Å²) >= 11 is 2.56. The number of aryl methyl sites for hydroxylation is 6. The fraction of sp³-hybridized carbons (Fsp3) is 0.250. The van der Waals surface area contributed by atoms with E-state index >= 15 is 0 Å². The van der Waals surface area contributed by atoms with Crippen LogP contribution in [0.25, 0.3) is 34.2 Å². The summed E-state index contributed by atoms with van der Waals surface area (Å²) in [4.78, 5) is 89.2. The van der Waals surface area contributed by atoms with Crippen LogP contribution in [-0.2, 0) is 13.1 Å². The lowest BCUT2D eigenvalue weighted by atomic mass is 10.1. The number of halogens is 7. The monoisotopic (exact) mass is 1610 g/mol. The van der Waals surface area contributed by atoms with E-state index in [1.807, 2.05) is 52.0 Å². The number of rotatable bonds is 26. The summed E-state index contributed by atoms with van der Waals surface area (Å²) < 4.78 is 92.1. The van der Waals surface area contributed by atoms with Crippen molar-refractivity contribution in [2.75, 3.05) is 79.7 Å². The molecule has 0 radical (unpaired) electrons. The SMILES string of the molecule is CNC(=O)c1cnc(Nc2cc(C)nc(C)n2)cc1Nc1cccc(-c2ncn(CC(F)F)n2)c1OC.CNC(=O)c1cnc(Nc2cc(C)nc(C)n2)cc1Nc1cccc(-c2ncn[nH]2)c1OC.CNC(=O)c1cnc(Nc2cc(C)nc(C)n2)cc1Nc1cccc(-c2ncnn2CC(F)F)c1OC.FC(F)CBr. The molecular weight excluding hydrogens is 1530 g/mol. The molecule has 0 aliphatic carbocycles. The molecule has 584 valence electrons. The maximum atomic E-state index is 13.0. The molecule has 112 heavy (non-hydrogen) atoms. The first kappa shape index (κ1) is 82.5. The number of alkyl halides is 7. The van der Waals surface area contributed by atoms with Gasteiger partial charge in [-0.25, -0.2) is 95.5 Å². The van der Waals surface area contributed by atoms with Crippen molar-refractivity contribution in [1.29, 1.82) is 0 Å². The highest BCUT2D eigenvalue weighted by molar-refractivity contribution is 9.09. The third-order valence-electron chi connectivity index (χ3n) is 15.3. The van der Waals surface area contributed by atoms with Crippen LogP contribution in [0.5, 0.6) is 17.2 Å². The van der Waals surface area contributed by atoms with E-state index in [1.54, 1.807) is 94.7 Å². The number of hydrogen-bond acceptors (Lipinski definition) is 27. The summed E-state index contributed by atoms with van der Waals surface area (Å²) in [6.07, 6.45) is 0.877. The molecule has 12 rings (SSSR count). The first-order chi connectivity index (χ1) is 53.8. The number of amides is 3. The number of hydrogen-bond donors (Lipinski definition) is 10. The molecule has 12 aromatic rings. The average Bonchev–Trinajstić information content (AvgIpc) is 1.41. The van der Waals surface area contributed by atoms with Gasteiger partial charge in [-0.1, -0.05) is 34.1 Å². The van der Waals surface area contributed by atoms with Gasteiger partial charge in [0.1, 0.15) is 84.5 Å². The summed E-state index contributed by atoms with van der Waals surface area (Å²) in [7, 11) is 9.10. The highest BCUT2D eigenvalue weighted by Gasteiger charge is 2.24. The van der Waals surface area contributed by atoms with Crippen LogP contribution in [0.15, 0.2) is 129 Å². The molecule has 3 aromatic carbocycles. The van der Waals surface area contributed by atoms with Gasteiger partial charge in [0.15, 0.2) is 34.7 Å². The standard InChI is InChI=1S/2C24H25F2N9O2.C22H23N9O2.C2H3BrF2/c1-13-8-21(31-14(2)30-13)33-20-9-18(16(10-28-20)24(36)27-3)32-17-7-5-6-15(22(17)37-4)23-29-12-35(34-23)11-19(25)26;1-13-8-21(32-14(2)31-13)34-20-9-18(16(10-28-20)24(36)27-3)33-17-7-5-6-15(22(17)37-4)23-29-12-30-35(23)11-19(25)26;1-12-8-19(28-13(2)27-12)30-18-9-17(15(10-24-18)22(32)23-3)29-16-7-5-6-14(20(16)33-4)21-25-11-26-31-21;3-1-2(4)5/h5-10,12,19H,11H2,1-4H3,(H,27,36)(H2,28,30,31,32,33);5-10,12,19H,11H2,1-4H3,(H,27,36)(H2,28,31,32,33,34);5-11H,1-4H3,(H,23,32)(H,25,26,31)(H2,24,27,28,29,30);2H,1H2. The molecule has 10 N–H and O–H groups in total. The number of anilines is 12. The molecule has 0 aliphatic heterocycles. The van der Waals surface area contributed by atoms with E-state index in [0.29, 0.717) is 126 Å². The fourth-order valence-electron chi connectivity index (χ4n) is 10.8. The quantitative estimate of drug-likeness (QED) is 0.0178. The Morgan fingerprint density at radius 2 is 0.848 bits per heavy atom. The van der Waals surface area contributed by atoms with Crippen LogP contribution in [0.4, 0.5) is 95.4 Å². The molecule has 0 saturated carbocycles. The Morgan fingerprint density at radius 3 is 1.21 bits per heavy atom. The van der Waals surface area contributed by atoms with Gasteiger partial charge in [-0.05, 0) is 77.9 Å². The topological polar surface area (TPSA) is 406 Å². The molecule has 3 amide bonds. The largest absolute Gasteiger partial charge is 0.494 e. The molecule has 40 heteroatoms. The normalized spacial score (nSPS) is 10.7. The van der Waals surface area contributed by atoms with Gasteiger partial charge >= 0.3 is 0 Å². The number of carbonyl (C=O) groups is 3. The third-order valence-corrected chi connectivity index (χ3v) is 15.8. The Hall–Kier alpha value is -13.6. The Labute approximate surface area is 645 Å². The van der Waals surface area contributed by atoms with Gasteiger partial charge in [0.25, 0.3) is 30.6 Å². The first-order valence-electron chi connectivity index (χ1n) is 33.6. The molecule has 0 saturated heterocycles. The van der Waals surface area contributed by atoms with Crippen LogP contribution in [0.1, 0.15) is 65.6 Å². The fourth-order valence-corrected chi connectivity index (χ4v) is 10.8. The van der Waals surface area contributed by atoms with E-state index in [9.17, 15) is 40.7 Å². The van der Waals surface area contributed by atoms with E-state index in [-0.39, 0.29) is 45.8 Å². The Kier molecular flexibility index (Phi) is 28.7. The minimum absolute atomic E-state index is 0.215. The third kappa shape index (κ3) is 22.1. The van der Waals surface area contributed by atoms with Gasteiger partial charge in [0, 0.05) is 93.2 Å². The summed E-state index contributed by atoms with van der Waals surface area (Å²) in [6, 6.07) is 26.3. The number of nitrogens with one attached hydrogen (secondary N) is 10. The maximum Gasteiger partial charge on any atom is 0.258 e. The molecule has 0 aliphatic rings. The van der Waals surface area contributed by atoms with E-state index in [1.165, 1.54) is 65.9 Å². The number of H-pyrrole nitrogens is 1. The molecule has 0 bridgehead atoms. The van der Waals surface area contributed by atoms with Crippen molar-refractivity contribution in [3.05, 3.63) is 180 Å². The Balaban J connectivity index is 0.000000187. The molecule has 9 aromatic heterocycles. The molecule has 0 spiro atoms. The lowest BCUT2D eigenvalue weighted by molar-refractivity contribution is 0.0955. The molecule has 0 fully saturated rings. The molecular formula is C72H76BrF6N27O6. The second-order valence-electron chi connectivity index (χ2n) is 23.5. The van der Waals surface area contributed by atoms with Crippen molar-refractivity contribution in [1.82, 2.24) is 106 Å². The lowest BCUT2D eigenvalue weighted by Gasteiger charge is -2.17. The van der Waals surface area contributed by atoms with E-state index in [4.69, 9.17) is 14.2 Å². The number of benzene rings is 3. The van der Waals surface area contributed by atoms with E-state index < -0.39 is 32.4 Å². The average molecular weight is 1610 g/mol. The zero-order valence-corrected chi connectivity index (χ0v) is 63.8. The highest BCUT2D eigenvalue weighted by Crippen LogP contribution is 2.41. The predicted octanol–water partition coefficient (Wildman–Crippen LogP) is 12.5. The van der Waals surface area contributed by atoms with Crippen LogP contribution >= 0.6 is 15.9 Å². The minimum Gasteiger partial charge on any atom is -0.494 e. The van der Waals surface area contributed by atoms with Gasteiger partial charge in [0.05, 0.1) is 94.2 Å². The molecule has 0 atom stereocenters. The summed E-state index contributed by atoms with van der Waals surface area (Å²) in [5, 5.41) is 41.6. The molecule has 9 heterocycles. The smallest absolute Gasteiger partial charge is 0.258 e. The summed E-state index contributed by atoms with van der Waals surface area (Å²) in [6.45, 7) is 9.83. The number of aromatic amines is 1. The zero-order chi connectivity index (χ0) is 80.7. The van der Waals surface area contributed by atoms with Gasteiger partial charge in [-0.3, -0.25) is 19.5 Å². The van der Waals surface area contributed by atoms with Crippen LogP contribution in [0.2, 0.25) is 0 Å². The van der Waals surface area contributed by atoms with Gasteiger partial charge in [0.2, 0.25) is 6.43 Å². The second-order valence-corrected chi connectivity index (χ2v) is 24.2. The van der Waals surface area contributed by atoms with Crippen molar-refractivity contribution < 1.29 is 54.9 Å². The van der Waals surface area contributed by atoms with Crippen LogP contribution in [0, 0.1) is 41.5 Å². The number of carbonyl (C=O) groups excluding carboxylic acids is 3. The van der Waals surface area contributed by atoms with Gasteiger partial charge < -0.3 is 62.1 Å². The van der Waals surface area contributed by atoms with Crippen molar-refractivity contribution in [3.8, 4) is 51.4 Å². The van der Waals surface area contributed by atoms with Crippen molar-refractivity contribution in [3.63, 3.8) is 0 Å². The number of aromatic nitrogens is 18. The van der Waals surface area contributed by atoms with Crippen LogP contribution in [-0.4, -0.2) is 174 Å². The van der Waals surface area contributed by atoms with Crippen molar-refractivity contribution in [2.45, 2.75) is 73.9 Å². The molecule has 0 unspecified atom stereocenters. The van der Waals surface area contributed by atoms with E-state index in [0.717, 1.165) is 32.0 Å². The number of nitrogens with zero attached hydrogens (tertiary/aromatic N) is 17. The van der Waals surface area contributed by atoms with Crippen LogP contribution < -0.4 is 62.1 Å². The number of para-hydroxylation sites is 3. The second kappa shape index (κ2) is 39.0. The van der Waals surface area contributed by atoms with Gasteiger partial charge in [-0.15, -0.1) is 0 Å². The highest BCUT2D eigenvalue weighted by atomic mass is 79.9. The number of methoxy groups -OCH3 is 3. The Morgan fingerprint density at radius 1 is 0.455 bits per heavy atom. The number of ether oxygens (including phenoxy) is 3. The van der Waals surface area contributed by atoms with Crippen molar-refractivity contribution >= 4 is 103 Å². The van der Waals surface area contributed by atoms with Gasteiger partial charge in [-0.2, -0.15) is 15.3 Å². The molecule has 33 nitrogen and oxygen atoms in total. The lowest BCUT2D eigenvalue weighted by Crippen LogP contribution is -2.19. The minimum atomic E-state index is -2.60. The van der Waals surface area contributed by atoms with Crippen molar-refractivity contribution in [2.24, 2.45) is 0 Å². The number of pyridine rings is 3. The zero-order valence-electron chi connectivity index (χ0n) is 62.2. The summed E-state index contributed by atoms with van der Waals surface area (Å²) in [5.41, 5.74) is 8.01. The van der Waals surface area contributed by atoms with Crippen LogP contribution in [0.3, 0.4) is 0 Å². The maximum absolute atomic E-state index is 13.0.